The molecule has 26 heavy (non-hydrogen) atoms. The zero-order valence-electron chi connectivity index (χ0n) is 13.9. The second-order valence-corrected chi connectivity index (χ2v) is 6.54. The average molecular weight is 372 g/mol. The summed E-state index contributed by atoms with van der Waals surface area (Å²) in [6.07, 6.45) is 4.36. The number of H-pyrrole nitrogens is 1. The minimum atomic E-state index is -0.398. The summed E-state index contributed by atoms with van der Waals surface area (Å²) in [6.45, 7) is 0.414. The Kier molecular flexibility index (Phi) is 4.37. The molecule has 2 aromatic heterocycles. The van der Waals surface area contributed by atoms with Crippen molar-refractivity contribution in [2.75, 3.05) is 6.54 Å². The molecular weight excluding hydrogens is 355 g/mol. The lowest BCUT2D eigenvalue weighted by Crippen LogP contribution is -2.27. The van der Waals surface area contributed by atoms with Crippen LogP contribution in [0.25, 0.3) is 5.69 Å². The summed E-state index contributed by atoms with van der Waals surface area (Å²) in [5, 5.41) is 14.0. The fourth-order valence-electron chi connectivity index (χ4n) is 2.82. The first-order valence-electron chi connectivity index (χ1n) is 8.38. The first-order valence-corrected chi connectivity index (χ1v) is 8.79. The van der Waals surface area contributed by atoms with E-state index in [-0.39, 0.29) is 11.6 Å². The molecule has 2 heterocycles. The van der Waals surface area contributed by atoms with Gasteiger partial charge < -0.3 is 9.88 Å². The van der Waals surface area contributed by atoms with Gasteiger partial charge in [-0.2, -0.15) is 10.2 Å². The molecule has 3 aromatic rings. The molecule has 1 saturated carbocycles. The number of carbonyl (C=O) groups is 1. The number of hydrogen-bond acceptors (Lipinski definition) is 4. The zero-order valence-corrected chi connectivity index (χ0v) is 14.7. The molecule has 9 heteroatoms. The van der Waals surface area contributed by atoms with Crippen molar-refractivity contribution in [1.82, 2.24) is 29.9 Å². The Hall–Kier alpha value is -2.81. The van der Waals surface area contributed by atoms with E-state index in [1.54, 1.807) is 30.5 Å². The van der Waals surface area contributed by atoms with Crippen molar-refractivity contribution in [3.8, 4) is 5.69 Å². The number of aromatic nitrogens is 5. The lowest BCUT2D eigenvalue weighted by atomic mass is 10.3. The number of rotatable bonds is 6. The van der Waals surface area contributed by atoms with Gasteiger partial charge in [0.05, 0.1) is 0 Å². The maximum atomic E-state index is 13.8. The molecule has 1 aromatic carbocycles. The Morgan fingerprint density at radius 1 is 1.35 bits per heavy atom. The van der Waals surface area contributed by atoms with E-state index in [9.17, 15) is 9.18 Å². The van der Waals surface area contributed by atoms with Crippen molar-refractivity contribution in [3.63, 3.8) is 0 Å². The van der Waals surface area contributed by atoms with Gasteiger partial charge in [0, 0.05) is 25.2 Å². The monoisotopic (exact) mass is 372 g/mol. The third-order valence-electron chi connectivity index (χ3n) is 4.24. The van der Waals surface area contributed by atoms with Crippen molar-refractivity contribution in [3.05, 3.63) is 58.6 Å². The van der Waals surface area contributed by atoms with Crippen LogP contribution < -0.4 is 5.32 Å². The smallest absolute Gasteiger partial charge is 0.271 e. The van der Waals surface area contributed by atoms with Gasteiger partial charge in [-0.05, 0) is 43.3 Å². The van der Waals surface area contributed by atoms with Crippen LogP contribution in [0.4, 0.5) is 4.39 Å². The largest absolute Gasteiger partial charge is 0.350 e. The molecule has 1 fully saturated rings. The Morgan fingerprint density at radius 2 is 2.15 bits per heavy atom. The minimum Gasteiger partial charge on any atom is -0.350 e. The summed E-state index contributed by atoms with van der Waals surface area (Å²) < 4.78 is 17.8. The molecule has 1 aliphatic rings. The van der Waals surface area contributed by atoms with Gasteiger partial charge >= 0.3 is 0 Å². The predicted molar refractivity (Wildman–Crippen MR) is 95.2 cm³/mol. The van der Waals surface area contributed by atoms with Gasteiger partial charge in [0.2, 0.25) is 0 Å². The SMILES string of the molecule is O=C(NCCc1n[nH]c(=S)n1C1CC1)c1ccn(-c2ccccc2F)n1. The minimum absolute atomic E-state index is 0.231. The first-order chi connectivity index (χ1) is 12.6. The fourth-order valence-corrected chi connectivity index (χ4v) is 3.12. The van der Waals surface area contributed by atoms with Gasteiger partial charge in [-0.3, -0.25) is 9.89 Å². The summed E-state index contributed by atoms with van der Waals surface area (Å²) in [5.41, 5.74) is 0.529. The maximum absolute atomic E-state index is 13.8. The number of carbonyl (C=O) groups excluding carboxylic acids is 1. The second kappa shape index (κ2) is 6.83. The summed E-state index contributed by atoms with van der Waals surface area (Å²) >= 11 is 5.24. The maximum Gasteiger partial charge on any atom is 0.271 e. The predicted octanol–water partition coefficient (Wildman–Crippen LogP) is 2.57. The topological polar surface area (TPSA) is 80.5 Å². The lowest BCUT2D eigenvalue weighted by molar-refractivity contribution is 0.0948. The van der Waals surface area contributed by atoms with E-state index in [1.807, 2.05) is 4.57 Å². The van der Waals surface area contributed by atoms with Gasteiger partial charge in [-0.25, -0.2) is 9.07 Å². The molecule has 2 N–H and O–H groups in total. The lowest BCUT2D eigenvalue weighted by Gasteiger charge is -2.06. The molecule has 0 atom stereocenters. The second-order valence-electron chi connectivity index (χ2n) is 6.15. The van der Waals surface area contributed by atoms with Gasteiger partial charge in [-0.1, -0.05) is 12.1 Å². The van der Waals surface area contributed by atoms with Crippen LogP contribution in [-0.2, 0) is 6.42 Å². The standard InChI is InChI=1S/C17H17FN6OS/c18-12-3-1-2-4-14(12)23-10-8-13(22-23)16(25)19-9-7-15-20-21-17(26)24(15)11-5-6-11/h1-4,8,10-11H,5-7,9H2,(H,19,25)(H,21,26). The molecule has 0 saturated heterocycles. The Bertz CT molecular complexity index is 1000. The Labute approximate surface area is 153 Å². The molecule has 7 nitrogen and oxygen atoms in total. The summed E-state index contributed by atoms with van der Waals surface area (Å²) in [7, 11) is 0. The number of nitrogens with zero attached hydrogens (tertiary/aromatic N) is 4. The number of para-hydroxylation sites is 1. The van der Waals surface area contributed by atoms with E-state index >= 15 is 0 Å². The highest BCUT2D eigenvalue weighted by Gasteiger charge is 2.27. The van der Waals surface area contributed by atoms with Crippen LogP contribution in [0.15, 0.2) is 36.5 Å². The normalized spacial score (nSPS) is 13.7. The van der Waals surface area contributed by atoms with Crippen LogP contribution >= 0.6 is 12.2 Å². The zero-order chi connectivity index (χ0) is 18.1. The van der Waals surface area contributed by atoms with Crippen molar-refractivity contribution >= 4 is 18.1 Å². The van der Waals surface area contributed by atoms with Gasteiger partial charge in [0.1, 0.15) is 17.3 Å². The van der Waals surface area contributed by atoms with Crippen molar-refractivity contribution in [2.45, 2.75) is 25.3 Å². The number of nitrogens with one attached hydrogen (secondary N) is 2. The van der Waals surface area contributed by atoms with E-state index in [0.717, 1.165) is 18.7 Å². The van der Waals surface area contributed by atoms with Crippen LogP contribution in [-0.4, -0.2) is 37.0 Å². The molecular formula is C17H17FN6OS. The average Bonchev–Trinajstić information content (AvgIpc) is 3.22. The van der Waals surface area contributed by atoms with Crippen LogP contribution in [0.5, 0.6) is 0 Å². The molecule has 0 unspecified atom stereocenters. The third-order valence-corrected chi connectivity index (χ3v) is 4.53. The number of aromatic amines is 1. The summed E-state index contributed by atoms with van der Waals surface area (Å²) in [5.74, 6) is 0.132. The molecule has 4 rings (SSSR count). The number of benzene rings is 1. The van der Waals surface area contributed by atoms with E-state index < -0.39 is 5.82 Å². The van der Waals surface area contributed by atoms with Gasteiger partial charge in [0.25, 0.3) is 5.91 Å². The van der Waals surface area contributed by atoms with Gasteiger partial charge in [0.15, 0.2) is 10.5 Å². The van der Waals surface area contributed by atoms with E-state index in [2.05, 4.69) is 20.6 Å². The van der Waals surface area contributed by atoms with Crippen molar-refractivity contribution in [2.24, 2.45) is 0 Å². The third kappa shape index (κ3) is 3.30. The quantitative estimate of drug-likeness (QED) is 0.652. The van der Waals surface area contributed by atoms with Crippen LogP contribution in [0, 0.1) is 10.6 Å². The number of hydrogen-bond donors (Lipinski definition) is 2. The van der Waals surface area contributed by atoms with Crippen LogP contribution in [0.2, 0.25) is 0 Å². The van der Waals surface area contributed by atoms with Gasteiger partial charge in [-0.15, -0.1) is 0 Å². The molecule has 1 aliphatic carbocycles. The molecule has 0 bridgehead atoms. The Balaban J connectivity index is 1.39. The fraction of sp³-hybridized carbons (Fsp3) is 0.294. The number of amides is 1. The van der Waals surface area contributed by atoms with E-state index in [0.29, 0.717) is 29.5 Å². The number of halogens is 1. The first kappa shape index (κ1) is 16.6. The summed E-state index contributed by atoms with van der Waals surface area (Å²) in [6, 6.07) is 8.26. The highest BCUT2D eigenvalue weighted by atomic mass is 32.1. The highest BCUT2D eigenvalue weighted by Crippen LogP contribution is 2.35. The molecule has 1 amide bonds. The summed E-state index contributed by atoms with van der Waals surface area (Å²) in [4.78, 5) is 12.3. The van der Waals surface area contributed by atoms with Crippen LogP contribution in [0.1, 0.15) is 35.2 Å². The van der Waals surface area contributed by atoms with Crippen molar-refractivity contribution < 1.29 is 9.18 Å². The van der Waals surface area contributed by atoms with Crippen molar-refractivity contribution in [1.29, 1.82) is 0 Å². The molecule has 134 valence electrons. The molecule has 0 spiro atoms. The van der Waals surface area contributed by atoms with E-state index in [4.69, 9.17) is 12.2 Å². The van der Waals surface area contributed by atoms with E-state index in [1.165, 1.54) is 10.7 Å². The molecule has 0 aliphatic heterocycles. The molecule has 0 radical (unpaired) electrons. The Morgan fingerprint density at radius 3 is 2.92 bits per heavy atom. The van der Waals surface area contributed by atoms with Crippen LogP contribution in [0.3, 0.4) is 0 Å². The highest BCUT2D eigenvalue weighted by molar-refractivity contribution is 7.71.